The van der Waals surface area contributed by atoms with Gasteiger partial charge >= 0.3 is 14.2 Å². The molecule has 9 nitrogen and oxygen atoms in total. The van der Waals surface area contributed by atoms with Gasteiger partial charge in [-0.05, 0) is 57.0 Å². The molecule has 0 aliphatic carbocycles. The smallest absolute Gasteiger partial charge is 0.491 e. The molecular weight excluding hydrogens is 567 g/mol. The van der Waals surface area contributed by atoms with E-state index in [0.29, 0.717) is 33.0 Å². The molecule has 0 amide bonds. The summed E-state index contributed by atoms with van der Waals surface area (Å²) in [5.74, 6) is 1.02. The number of nitrogens with two attached hydrogens (primary N) is 1. The lowest BCUT2D eigenvalue weighted by molar-refractivity contribution is 0.0288. The monoisotopic (exact) mass is 599 g/mol. The number of fused-ring (bicyclic) bond motifs is 2. The Morgan fingerprint density at radius 2 is 1.62 bits per heavy atom. The van der Waals surface area contributed by atoms with Crippen LogP contribution in [0.1, 0.15) is 57.5 Å². The molecule has 3 atom stereocenters. The van der Waals surface area contributed by atoms with Crippen molar-refractivity contribution in [3.63, 3.8) is 0 Å². The van der Waals surface area contributed by atoms with Gasteiger partial charge in [0.1, 0.15) is 24.7 Å². The number of benzene rings is 2. The van der Waals surface area contributed by atoms with Crippen LogP contribution < -0.4 is 26.1 Å². The van der Waals surface area contributed by atoms with Crippen LogP contribution in [0.25, 0.3) is 0 Å². The van der Waals surface area contributed by atoms with Crippen LogP contribution in [0.2, 0.25) is 5.02 Å². The average Bonchev–Trinajstić information content (AvgIpc) is 3.36. The van der Waals surface area contributed by atoms with Crippen LogP contribution in [-0.2, 0) is 9.31 Å². The second-order valence-electron chi connectivity index (χ2n) is 9.60. The van der Waals surface area contributed by atoms with Crippen molar-refractivity contribution in [2.45, 2.75) is 58.0 Å². The minimum atomic E-state index is -1.11. The molecule has 0 spiro atoms. The van der Waals surface area contributed by atoms with E-state index in [4.69, 9.17) is 36.1 Å². The summed E-state index contributed by atoms with van der Waals surface area (Å²) in [6.07, 6.45) is -0.337. The van der Waals surface area contributed by atoms with Crippen LogP contribution in [0.4, 0.5) is 0 Å². The Balaban J connectivity index is 0.000000206. The third-order valence-corrected chi connectivity index (χ3v) is 6.78. The molecule has 37 heavy (non-hydrogen) atoms. The fourth-order valence-electron chi connectivity index (χ4n) is 4.12. The molecule has 1 unspecified atom stereocenters. The minimum absolute atomic E-state index is 0.0983. The first-order valence-corrected chi connectivity index (χ1v) is 13.2. The summed E-state index contributed by atoms with van der Waals surface area (Å²) >= 11 is 9.59. The third-order valence-electron chi connectivity index (χ3n) is 5.76. The molecule has 2 aromatic carbocycles. The molecule has 0 saturated heterocycles. The number of hydrogen-bond donors (Lipinski definition) is 5. The first-order chi connectivity index (χ1) is 17.4. The fourth-order valence-corrected chi connectivity index (χ4v) is 5.00. The van der Waals surface area contributed by atoms with Crippen molar-refractivity contribution in [1.82, 2.24) is 0 Å². The van der Waals surface area contributed by atoms with E-state index in [1.807, 2.05) is 13.0 Å². The summed E-state index contributed by atoms with van der Waals surface area (Å²) in [6, 6.07) is 6.97. The predicted molar refractivity (Wildman–Crippen MR) is 147 cm³/mol. The highest BCUT2D eigenvalue weighted by Gasteiger charge is 2.40. The van der Waals surface area contributed by atoms with Crippen LogP contribution in [0.3, 0.4) is 0 Å². The molecule has 13 heteroatoms. The number of halogens is 2. The normalized spacial score (nSPS) is 19.2. The van der Waals surface area contributed by atoms with Gasteiger partial charge in [0.05, 0.1) is 23.9 Å². The largest absolute Gasteiger partial charge is 0.495 e. The second kappa shape index (κ2) is 12.7. The number of rotatable bonds is 8. The van der Waals surface area contributed by atoms with Crippen LogP contribution in [0.15, 0.2) is 28.7 Å². The maximum atomic E-state index is 9.97. The van der Waals surface area contributed by atoms with Gasteiger partial charge in [0.15, 0.2) is 0 Å². The number of aliphatic hydroxyl groups is 2. The lowest BCUT2D eigenvalue weighted by Crippen LogP contribution is -2.33. The Kier molecular flexibility index (Phi) is 10.3. The van der Waals surface area contributed by atoms with Crippen molar-refractivity contribution in [1.29, 1.82) is 0 Å². The molecule has 2 aliphatic heterocycles. The second-order valence-corrected chi connectivity index (χ2v) is 10.9. The van der Waals surface area contributed by atoms with Crippen molar-refractivity contribution in [2.75, 3.05) is 19.8 Å². The van der Waals surface area contributed by atoms with Crippen molar-refractivity contribution < 1.29 is 39.0 Å². The van der Waals surface area contributed by atoms with E-state index in [9.17, 15) is 20.3 Å². The molecule has 202 valence electrons. The minimum Gasteiger partial charge on any atom is -0.491 e. The number of hydrogen-bond acceptors (Lipinski definition) is 9. The molecule has 0 radical (unpaired) electrons. The topological polar surface area (TPSA) is 144 Å². The maximum absolute atomic E-state index is 9.97. The van der Waals surface area contributed by atoms with Crippen molar-refractivity contribution in [2.24, 2.45) is 5.73 Å². The summed E-state index contributed by atoms with van der Waals surface area (Å²) in [4.78, 5) is 0. The quantitative estimate of drug-likeness (QED) is 0.286. The zero-order valence-corrected chi connectivity index (χ0v) is 23.6. The highest BCUT2D eigenvalue weighted by Crippen LogP contribution is 2.35. The molecule has 2 aromatic rings. The third kappa shape index (κ3) is 7.20. The molecule has 0 aromatic heterocycles. The lowest BCUT2D eigenvalue weighted by Gasteiger charge is -2.19. The summed E-state index contributed by atoms with van der Waals surface area (Å²) in [7, 11) is -2.08. The van der Waals surface area contributed by atoms with Crippen LogP contribution in [0, 0.1) is 0 Å². The van der Waals surface area contributed by atoms with Gasteiger partial charge in [-0.15, -0.1) is 0 Å². The molecule has 0 saturated carbocycles. The number of aliphatic hydroxyl groups excluding tert-OH is 1. The van der Waals surface area contributed by atoms with Crippen molar-refractivity contribution in [3.05, 3.63) is 44.9 Å². The van der Waals surface area contributed by atoms with E-state index >= 15 is 0 Å². The summed E-state index contributed by atoms with van der Waals surface area (Å²) in [6.45, 7) is 7.44. The summed E-state index contributed by atoms with van der Waals surface area (Å²) < 4.78 is 22.8. The number of ether oxygens (including phenoxy) is 2. The van der Waals surface area contributed by atoms with Gasteiger partial charge < -0.3 is 44.8 Å². The van der Waals surface area contributed by atoms with Gasteiger partial charge in [-0.1, -0.05) is 34.5 Å². The Morgan fingerprint density at radius 3 is 2.19 bits per heavy atom. The highest BCUT2D eigenvalue weighted by molar-refractivity contribution is 9.10. The van der Waals surface area contributed by atoms with E-state index in [1.54, 1.807) is 39.0 Å². The zero-order chi connectivity index (χ0) is 27.5. The Morgan fingerprint density at radius 1 is 1.05 bits per heavy atom. The van der Waals surface area contributed by atoms with Gasteiger partial charge in [0.25, 0.3) is 0 Å². The van der Waals surface area contributed by atoms with E-state index in [-0.39, 0.29) is 25.9 Å². The van der Waals surface area contributed by atoms with E-state index in [0.717, 1.165) is 16.5 Å². The SMILES string of the molecule is CC(C)(O)COc1ccc(Cl)c2c1B(O)O[C@@H]2CN.CC[C@H]1OB(O)c2c(OCC(C)O)ccc(Br)c21. The van der Waals surface area contributed by atoms with Crippen molar-refractivity contribution in [3.8, 4) is 11.5 Å². The molecule has 6 N–H and O–H groups in total. The van der Waals surface area contributed by atoms with Crippen LogP contribution in [0.5, 0.6) is 11.5 Å². The van der Waals surface area contributed by atoms with Crippen LogP contribution in [-0.4, -0.2) is 66.0 Å². The molecule has 2 aliphatic rings. The van der Waals surface area contributed by atoms with Gasteiger partial charge in [-0.25, -0.2) is 0 Å². The van der Waals surface area contributed by atoms with E-state index in [2.05, 4.69) is 15.9 Å². The van der Waals surface area contributed by atoms with Crippen molar-refractivity contribution >= 4 is 52.7 Å². The first-order valence-electron chi connectivity index (χ1n) is 12.1. The summed E-state index contributed by atoms with van der Waals surface area (Å²) in [5, 5.41) is 39.3. The molecule has 0 bridgehead atoms. The Labute approximate surface area is 231 Å². The standard InChI is InChI=1S/C12H16BBrO4.C12H17BClNO4/c1-3-9-11-8(14)4-5-10(17-6-7(2)15)12(11)13(16)18-9;1-12(2,16)6-18-8-4-3-7(14)10-9(5-15)19-13(17)11(8)10/h4-5,7,9,15-16H,3,6H2,1-2H3;3-4,9,16-17H,5-6,15H2,1-2H3/t7?,9-;9-/m11/s1. The van der Waals surface area contributed by atoms with Gasteiger partial charge in [-0.2, -0.15) is 0 Å². The molecular formula is C24H33B2BrClNO8. The van der Waals surface area contributed by atoms with Gasteiger partial charge in [-0.3, -0.25) is 0 Å². The maximum Gasteiger partial charge on any atom is 0.495 e. The lowest BCUT2D eigenvalue weighted by atomic mass is 9.78. The van der Waals surface area contributed by atoms with E-state index in [1.165, 1.54) is 0 Å². The van der Waals surface area contributed by atoms with Gasteiger partial charge in [0.2, 0.25) is 0 Å². The van der Waals surface area contributed by atoms with Gasteiger partial charge in [0, 0.05) is 32.5 Å². The zero-order valence-electron chi connectivity index (χ0n) is 21.3. The fraction of sp³-hybridized carbons (Fsp3) is 0.500. The van der Waals surface area contributed by atoms with E-state index < -0.39 is 32.0 Å². The summed E-state index contributed by atoms with van der Waals surface area (Å²) in [5.41, 5.74) is 7.38. The molecule has 0 fully saturated rings. The first kappa shape index (κ1) is 30.2. The Hall–Kier alpha value is -1.34. The predicted octanol–water partition coefficient (Wildman–Crippen LogP) is 1.58. The molecule has 2 heterocycles. The molecule has 4 rings (SSSR count). The average molecular weight is 601 g/mol. The Bertz CT molecular complexity index is 1090. The highest BCUT2D eigenvalue weighted by atomic mass is 79.9. The van der Waals surface area contributed by atoms with Crippen LogP contribution >= 0.6 is 27.5 Å².